The monoisotopic (exact) mass is 274 g/mol. The second-order valence-electron chi connectivity index (χ2n) is 6.00. The highest BCUT2D eigenvalue weighted by Crippen LogP contribution is 2.24. The van der Waals surface area contributed by atoms with Gasteiger partial charge in [0, 0.05) is 25.3 Å². The van der Waals surface area contributed by atoms with Gasteiger partial charge in [0.1, 0.15) is 6.07 Å². The molecule has 0 bridgehead atoms. The van der Waals surface area contributed by atoms with Crippen molar-refractivity contribution in [3.05, 3.63) is 23.0 Å². The van der Waals surface area contributed by atoms with Crippen LogP contribution in [0.5, 0.6) is 0 Å². The van der Waals surface area contributed by atoms with Gasteiger partial charge in [0.15, 0.2) is 0 Å². The van der Waals surface area contributed by atoms with Gasteiger partial charge in [0.25, 0.3) is 0 Å². The standard InChI is InChI=1S/C16H26N4/c1-12(2)11-20(8-7-19(5)6)16-9-13(3)18-14(4)15(16)10-17/h9,12H,7-8,11H2,1-6H3. The van der Waals surface area contributed by atoms with E-state index in [1.807, 2.05) is 19.9 Å². The lowest BCUT2D eigenvalue weighted by Crippen LogP contribution is -2.35. The Labute approximate surface area is 123 Å². The van der Waals surface area contributed by atoms with Crippen molar-refractivity contribution in [2.24, 2.45) is 5.92 Å². The molecule has 0 aromatic carbocycles. The van der Waals surface area contributed by atoms with Crippen LogP contribution in [0, 0.1) is 31.1 Å². The van der Waals surface area contributed by atoms with Gasteiger partial charge >= 0.3 is 0 Å². The average Bonchev–Trinajstić information content (AvgIpc) is 2.33. The summed E-state index contributed by atoms with van der Waals surface area (Å²) < 4.78 is 0. The summed E-state index contributed by atoms with van der Waals surface area (Å²) in [6.07, 6.45) is 0. The number of hydrogen-bond donors (Lipinski definition) is 0. The van der Waals surface area contributed by atoms with Crippen LogP contribution in [0.4, 0.5) is 5.69 Å². The van der Waals surface area contributed by atoms with Crippen molar-refractivity contribution in [1.82, 2.24) is 9.88 Å². The molecule has 0 spiro atoms. The number of pyridine rings is 1. The van der Waals surface area contributed by atoms with Gasteiger partial charge in [0.05, 0.1) is 16.9 Å². The van der Waals surface area contributed by atoms with Gasteiger partial charge in [-0.1, -0.05) is 13.8 Å². The normalized spacial score (nSPS) is 10.9. The van der Waals surface area contributed by atoms with Gasteiger partial charge < -0.3 is 9.80 Å². The fraction of sp³-hybridized carbons (Fsp3) is 0.625. The maximum atomic E-state index is 9.42. The highest BCUT2D eigenvalue weighted by atomic mass is 15.2. The number of rotatable bonds is 6. The van der Waals surface area contributed by atoms with Crippen molar-refractivity contribution in [1.29, 1.82) is 5.26 Å². The second-order valence-corrected chi connectivity index (χ2v) is 6.00. The molecule has 0 fully saturated rings. The number of aryl methyl sites for hydroxylation is 2. The molecular formula is C16H26N4. The average molecular weight is 274 g/mol. The molecule has 1 aromatic heterocycles. The molecule has 1 rings (SSSR count). The van der Waals surface area contributed by atoms with Crippen molar-refractivity contribution >= 4 is 5.69 Å². The minimum absolute atomic E-state index is 0.553. The SMILES string of the molecule is Cc1cc(N(CCN(C)C)CC(C)C)c(C#N)c(C)n1. The molecule has 4 nitrogen and oxygen atoms in total. The largest absolute Gasteiger partial charge is 0.369 e. The molecule has 0 atom stereocenters. The molecule has 1 heterocycles. The van der Waals surface area contributed by atoms with Crippen LogP contribution in [-0.4, -0.2) is 43.6 Å². The molecule has 0 aliphatic carbocycles. The van der Waals surface area contributed by atoms with Gasteiger partial charge in [0.2, 0.25) is 0 Å². The first kappa shape index (κ1) is 16.5. The molecule has 0 aliphatic heterocycles. The van der Waals surface area contributed by atoms with Crippen LogP contribution in [-0.2, 0) is 0 Å². The summed E-state index contributed by atoms with van der Waals surface area (Å²) >= 11 is 0. The first-order valence-corrected chi connectivity index (χ1v) is 7.13. The van der Waals surface area contributed by atoms with Crippen molar-refractivity contribution < 1.29 is 0 Å². The Morgan fingerprint density at radius 3 is 2.40 bits per heavy atom. The van der Waals surface area contributed by atoms with Crippen LogP contribution in [0.25, 0.3) is 0 Å². The van der Waals surface area contributed by atoms with E-state index >= 15 is 0 Å². The minimum Gasteiger partial charge on any atom is -0.369 e. The Balaban J connectivity index is 3.15. The molecule has 0 saturated heterocycles. The Bertz CT molecular complexity index is 486. The van der Waals surface area contributed by atoms with Crippen molar-refractivity contribution in [3.63, 3.8) is 0 Å². The molecule has 0 amide bonds. The molecule has 0 radical (unpaired) electrons. The summed E-state index contributed by atoms with van der Waals surface area (Å²) in [6, 6.07) is 4.35. The summed E-state index contributed by atoms with van der Waals surface area (Å²) in [7, 11) is 4.14. The van der Waals surface area contributed by atoms with E-state index in [2.05, 4.69) is 48.8 Å². The highest BCUT2D eigenvalue weighted by Gasteiger charge is 2.16. The molecule has 4 heteroatoms. The van der Waals surface area contributed by atoms with Crippen LogP contribution in [0.2, 0.25) is 0 Å². The summed E-state index contributed by atoms with van der Waals surface area (Å²) in [5.41, 5.74) is 3.51. The first-order valence-electron chi connectivity index (χ1n) is 7.13. The maximum Gasteiger partial charge on any atom is 0.103 e. The van der Waals surface area contributed by atoms with Gasteiger partial charge in [-0.15, -0.1) is 0 Å². The highest BCUT2D eigenvalue weighted by molar-refractivity contribution is 5.61. The van der Waals surface area contributed by atoms with E-state index in [-0.39, 0.29) is 0 Å². The minimum atomic E-state index is 0.553. The third-order valence-electron chi connectivity index (χ3n) is 3.16. The zero-order valence-corrected chi connectivity index (χ0v) is 13.6. The van der Waals surface area contributed by atoms with Crippen molar-refractivity contribution in [2.75, 3.05) is 38.6 Å². The molecule has 0 N–H and O–H groups in total. The number of anilines is 1. The smallest absolute Gasteiger partial charge is 0.103 e. The summed E-state index contributed by atoms with van der Waals surface area (Å²) in [6.45, 7) is 11.1. The summed E-state index contributed by atoms with van der Waals surface area (Å²) in [5, 5.41) is 9.42. The Hall–Kier alpha value is -1.60. The van der Waals surface area contributed by atoms with Crippen LogP contribution >= 0.6 is 0 Å². The molecule has 0 saturated carbocycles. The lowest BCUT2D eigenvalue weighted by atomic mass is 10.1. The van der Waals surface area contributed by atoms with Crippen LogP contribution in [0.15, 0.2) is 6.07 Å². The van der Waals surface area contributed by atoms with E-state index in [0.717, 1.165) is 36.7 Å². The summed E-state index contributed by atoms with van der Waals surface area (Å²) in [4.78, 5) is 8.88. The zero-order valence-electron chi connectivity index (χ0n) is 13.6. The van der Waals surface area contributed by atoms with E-state index in [9.17, 15) is 5.26 Å². The second kappa shape index (κ2) is 7.25. The van der Waals surface area contributed by atoms with E-state index < -0.39 is 0 Å². The van der Waals surface area contributed by atoms with Crippen LogP contribution in [0.3, 0.4) is 0 Å². The molecule has 1 aromatic rings. The van der Waals surface area contributed by atoms with E-state index in [1.54, 1.807) is 0 Å². The van der Waals surface area contributed by atoms with Gasteiger partial charge in [-0.05, 0) is 39.9 Å². The third kappa shape index (κ3) is 4.50. The number of nitriles is 1. The van der Waals surface area contributed by atoms with E-state index in [1.165, 1.54) is 0 Å². The number of hydrogen-bond acceptors (Lipinski definition) is 4. The Morgan fingerprint density at radius 2 is 1.90 bits per heavy atom. The number of nitrogens with zero attached hydrogens (tertiary/aromatic N) is 4. The van der Waals surface area contributed by atoms with E-state index in [4.69, 9.17) is 0 Å². The predicted molar refractivity (Wildman–Crippen MR) is 84.0 cm³/mol. The molecule has 110 valence electrons. The zero-order chi connectivity index (χ0) is 15.3. The van der Waals surface area contributed by atoms with Crippen LogP contribution in [0.1, 0.15) is 30.8 Å². The van der Waals surface area contributed by atoms with Crippen LogP contribution < -0.4 is 4.90 Å². The van der Waals surface area contributed by atoms with Gasteiger partial charge in [-0.25, -0.2) is 0 Å². The van der Waals surface area contributed by atoms with Gasteiger partial charge in [-0.2, -0.15) is 5.26 Å². The third-order valence-corrected chi connectivity index (χ3v) is 3.16. The summed E-state index contributed by atoms with van der Waals surface area (Å²) in [5.74, 6) is 0.553. The molecular weight excluding hydrogens is 248 g/mol. The Morgan fingerprint density at radius 1 is 1.25 bits per heavy atom. The number of likely N-dealkylation sites (N-methyl/N-ethyl adjacent to an activating group) is 1. The molecule has 0 aliphatic rings. The quantitative estimate of drug-likeness (QED) is 0.799. The number of aromatic nitrogens is 1. The lowest BCUT2D eigenvalue weighted by molar-refractivity contribution is 0.409. The topological polar surface area (TPSA) is 43.2 Å². The maximum absolute atomic E-state index is 9.42. The van der Waals surface area contributed by atoms with Crippen molar-refractivity contribution in [3.8, 4) is 6.07 Å². The fourth-order valence-electron chi connectivity index (χ4n) is 2.27. The fourth-order valence-corrected chi connectivity index (χ4v) is 2.27. The molecule has 20 heavy (non-hydrogen) atoms. The lowest BCUT2D eigenvalue weighted by Gasteiger charge is -2.29. The van der Waals surface area contributed by atoms with E-state index in [0.29, 0.717) is 11.5 Å². The first-order chi connectivity index (χ1) is 9.35. The molecule has 0 unspecified atom stereocenters. The van der Waals surface area contributed by atoms with Crippen molar-refractivity contribution in [2.45, 2.75) is 27.7 Å². The Kier molecular flexibility index (Phi) is 5.97. The predicted octanol–water partition coefficient (Wildman–Crippen LogP) is 2.59. The van der Waals surface area contributed by atoms with Gasteiger partial charge in [-0.3, -0.25) is 4.98 Å².